The normalized spacial score (nSPS) is 19.2. The molecule has 7 heteroatoms. The van der Waals surface area contributed by atoms with Crippen LogP contribution in [0.5, 0.6) is 0 Å². The van der Waals surface area contributed by atoms with Gasteiger partial charge in [0.2, 0.25) is 5.89 Å². The highest BCUT2D eigenvalue weighted by Crippen LogP contribution is 2.50. The summed E-state index contributed by atoms with van der Waals surface area (Å²) >= 11 is 0. The van der Waals surface area contributed by atoms with E-state index in [4.69, 9.17) is 9.26 Å². The SMILES string of the molecule is CCOC(C)c1noc(CNC(=NC)N2CC3(CCCC3)c3ccccc32)n1. The number of benzene rings is 1. The smallest absolute Gasteiger partial charge is 0.246 e. The standard InChI is InChI=1S/C21H29N5O2/c1-4-27-15(2)19-24-18(28-25-19)13-23-20(22-3)26-14-21(11-7-8-12-21)16-9-5-6-10-17(16)26/h5-6,9-10,15H,4,7-8,11-14H2,1-3H3,(H,22,23). The lowest BCUT2D eigenvalue weighted by molar-refractivity contribution is 0.0683. The second kappa shape index (κ2) is 7.91. The van der Waals surface area contributed by atoms with Crippen molar-refractivity contribution in [1.29, 1.82) is 0 Å². The predicted molar refractivity (Wildman–Crippen MR) is 108 cm³/mol. The Morgan fingerprint density at radius 2 is 2.14 bits per heavy atom. The number of para-hydroxylation sites is 1. The Labute approximate surface area is 166 Å². The first-order valence-corrected chi connectivity index (χ1v) is 10.2. The number of fused-ring (bicyclic) bond motifs is 2. The minimum absolute atomic E-state index is 0.172. The first kappa shape index (κ1) is 18.9. The average Bonchev–Trinajstić information content (AvgIpc) is 3.44. The summed E-state index contributed by atoms with van der Waals surface area (Å²) in [6, 6.07) is 8.74. The molecule has 1 N–H and O–H groups in total. The molecule has 1 aromatic heterocycles. The van der Waals surface area contributed by atoms with Crippen LogP contribution >= 0.6 is 0 Å². The van der Waals surface area contributed by atoms with Crippen molar-refractivity contribution in [2.45, 2.75) is 57.6 Å². The average molecular weight is 383 g/mol. The molecule has 1 unspecified atom stereocenters. The molecule has 4 rings (SSSR count). The number of nitrogens with zero attached hydrogens (tertiary/aromatic N) is 4. The molecule has 1 aliphatic carbocycles. The van der Waals surface area contributed by atoms with Crippen molar-refractivity contribution < 1.29 is 9.26 Å². The fraction of sp³-hybridized carbons (Fsp3) is 0.571. The fourth-order valence-corrected chi connectivity index (χ4v) is 4.58. The molecule has 150 valence electrons. The molecule has 2 aliphatic rings. The molecular weight excluding hydrogens is 354 g/mol. The molecule has 0 saturated heterocycles. The zero-order valence-corrected chi connectivity index (χ0v) is 16.9. The number of nitrogens with one attached hydrogen (secondary N) is 1. The molecule has 1 atom stereocenters. The van der Waals surface area contributed by atoms with Gasteiger partial charge in [0.15, 0.2) is 11.8 Å². The van der Waals surface area contributed by atoms with Crippen molar-refractivity contribution in [2.24, 2.45) is 4.99 Å². The summed E-state index contributed by atoms with van der Waals surface area (Å²) in [4.78, 5) is 11.3. The highest BCUT2D eigenvalue weighted by Gasteiger charge is 2.45. The van der Waals surface area contributed by atoms with Crippen molar-refractivity contribution >= 4 is 11.6 Å². The molecule has 28 heavy (non-hydrogen) atoms. The second-order valence-electron chi connectivity index (χ2n) is 7.64. The molecule has 1 aliphatic heterocycles. The summed E-state index contributed by atoms with van der Waals surface area (Å²) in [5.41, 5.74) is 2.98. The topological polar surface area (TPSA) is 75.8 Å². The van der Waals surface area contributed by atoms with Gasteiger partial charge in [-0.05, 0) is 38.3 Å². The van der Waals surface area contributed by atoms with E-state index in [0.717, 1.165) is 12.5 Å². The minimum atomic E-state index is -0.172. The van der Waals surface area contributed by atoms with E-state index in [1.807, 2.05) is 20.9 Å². The lowest BCUT2D eigenvalue weighted by Gasteiger charge is -2.26. The third-order valence-electron chi connectivity index (χ3n) is 5.92. The van der Waals surface area contributed by atoms with Crippen molar-refractivity contribution in [2.75, 3.05) is 25.1 Å². The molecule has 2 heterocycles. The van der Waals surface area contributed by atoms with Crippen LogP contribution in [0.2, 0.25) is 0 Å². The van der Waals surface area contributed by atoms with Crippen LogP contribution < -0.4 is 10.2 Å². The van der Waals surface area contributed by atoms with Gasteiger partial charge in [0.1, 0.15) is 6.10 Å². The summed E-state index contributed by atoms with van der Waals surface area (Å²) in [5.74, 6) is 1.95. The van der Waals surface area contributed by atoms with Gasteiger partial charge in [-0.2, -0.15) is 4.98 Å². The maximum atomic E-state index is 5.52. The molecular formula is C21H29N5O2. The van der Waals surface area contributed by atoms with E-state index in [1.165, 1.54) is 36.9 Å². The highest BCUT2D eigenvalue weighted by molar-refractivity contribution is 5.98. The van der Waals surface area contributed by atoms with Crippen LogP contribution in [0.4, 0.5) is 5.69 Å². The van der Waals surface area contributed by atoms with Crippen LogP contribution in [0.25, 0.3) is 0 Å². The van der Waals surface area contributed by atoms with Gasteiger partial charge < -0.3 is 19.5 Å². The van der Waals surface area contributed by atoms with Crippen molar-refractivity contribution in [3.8, 4) is 0 Å². The molecule has 1 spiro atoms. The van der Waals surface area contributed by atoms with Gasteiger partial charge in [0.05, 0.1) is 6.54 Å². The van der Waals surface area contributed by atoms with E-state index < -0.39 is 0 Å². The molecule has 1 fully saturated rings. The van der Waals surface area contributed by atoms with Gasteiger partial charge in [-0.15, -0.1) is 0 Å². The number of anilines is 1. The van der Waals surface area contributed by atoms with Gasteiger partial charge in [0.25, 0.3) is 0 Å². The zero-order chi connectivity index (χ0) is 19.6. The first-order valence-electron chi connectivity index (χ1n) is 10.2. The van der Waals surface area contributed by atoms with Crippen LogP contribution in [0.15, 0.2) is 33.8 Å². The molecule has 0 bridgehead atoms. The van der Waals surface area contributed by atoms with Crippen LogP contribution in [-0.2, 0) is 16.7 Å². The Morgan fingerprint density at radius 3 is 2.89 bits per heavy atom. The lowest BCUT2D eigenvalue weighted by Crippen LogP contribution is -2.43. The van der Waals surface area contributed by atoms with Crippen molar-refractivity contribution in [1.82, 2.24) is 15.5 Å². The Bertz CT molecular complexity index is 841. The third-order valence-corrected chi connectivity index (χ3v) is 5.92. The monoisotopic (exact) mass is 383 g/mol. The van der Waals surface area contributed by atoms with Crippen molar-refractivity contribution in [3.05, 3.63) is 41.5 Å². The summed E-state index contributed by atoms with van der Waals surface area (Å²) in [7, 11) is 1.82. The van der Waals surface area contributed by atoms with Crippen LogP contribution in [-0.4, -0.2) is 36.3 Å². The second-order valence-corrected chi connectivity index (χ2v) is 7.64. The van der Waals surface area contributed by atoms with Crippen molar-refractivity contribution in [3.63, 3.8) is 0 Å². The van der Waals surface area contributed by atoms with Crippen LogP contribution in [0.3, 0.4) is 0 Å². The van der Waals surface area contributed by atoms with E-state index in [1.54, 1.807) is 0 Å². The Kier molecular flexibility index (Phi) is 5.35. The van der Waals surface area contributed by atoms with Gasteiger partial charge in [-0.3, -0.25) is 4.99 Å². The summed E-state index contributed by atoms with van der Waals surface area (Å²) in [6.07, 6.45) is 4.93. The maximum absolute atomic E-state index is 5.52. The molecule has 1 aromatic carbocycles. The molecule has 0 radical (unpaired) electrons. The van der Waals surface area contributed by atoms with E-state index in [9.17, 15) is 0 Å². The van der Waals surface area contributed by atoms with Gasteiger partial charge in [-0.1, -0.05) is 36.2 Å². The Hall–Kier alpha value is -2.41. The van der Waals surface area contributed by atoms with E-state index in [0.29, 0.717) is 24.9 Å². The maximum Gasteiger partial charge on any atom is 0.246 e. The number of aliphatic imine (C=N–C) groups is 1. The number of ether oxygens (including phenoxy) is 1. The number of aromatic nitrogens is 2. The number of guanidine groups is 1. The van der Waals surface area contributed by atoms with E-state index in [2.05, 4.69) is 49.6 Å². The Morgan fingerprint density at radius 1 is 1.36 bits per heavy atom. The predicted octanol–water partition coefficient (Wildman–Crippen LogP) is 3.57. The number of hydrogen-bond acceptors (Lipinski definition) is 5. The molecule has 7 nitrogen and oxygen atoms in total. The number of hydrogen-bond donors (Lipinski definition) is 1. The van der Waals surface area contributed by atoms with Crippen LogP contribution in [0, 0.1) is 0 Å². The fourth-order valence-electron chi connectivity index (χ4n) is 4.58. The van der Waals surface area contributed by atoms with Gasteiger partial charge in [0, 0.05) is 31.3 Å². The van der Waals surface area contributed by atoms with Crippen LogP contribution in [0.1, 0.15) is 62.9 Å². The Balaban J connectivity index is 1.48. The quantitative estimate of drug-likeness (QED) is 0.628. The zero-order valence-electron chi connectivity index (χ0n) is 16.9. The summed E-state index contributed by atoms with van der Waals surface area (Å²) in [5, 5.41) is 7.42. The summed E-state index contributed by atoms with van der Waals surface area (Å²) in [6.45, 7) is 5.90. The highest BCUT2D eigenvalue weighted by atomic mass is 16.5. The minimum Gasteiger partial charge on any atom is -0.371 e. The molecule has 2 aromatic rings. The van der Waals surface area contributed by atoms with Gasteiger partial charge in [-0.25, -0.2) is 0 Å². The molecule has 1 saturated carbocycles. The van der Waals surface area contributed by atoms with E-state index >= 15 is 0 Å². The largest absolute Gasteiger partial charge is 0.371 e. The first-order chi connectivity index (χ1) is 13.7. The van der Waals surface area contributed by atoms with E-state index in [-0.39, 0.29) is 11.5 Å². The van der Waals surface area contributed by atoms with Gasteiger partial charge >= 0.3 is 0 Å². The lowest BCUT2D eigenvalue weighted by atomic mass is 9.81. The molecule has 0 amide bonds. The number of rotatable bonds is 5. The summed E-state index contributed by atoms with van der Waals surface area (Å²) < 4.78 is 10.9. The third kappa shape index (κ3) is 3.39.